The van der Waals surface area contributed by atoms with Gasteiger partial charge in [-0.3, -0.25) is 14.5 Å². The number of amides is 2. The molecule has 1 aliphatic heterocycles. The molecule has 1 heterocycles. The second-order valence-corrected chi connectivity index (χ2v) is 8.53. The monoisotopic (exact) mass is 482 g/mol. The van der Waals surface area contributed by atoms with Crippen LogP contribution in [0.5, 0.6) is 11.5 Å². The van der Waals surface area contributed by atoms with Crippen molar-refractivity contribution in [3.8, 4) is 11.5 Å². The highest BCUT2D eigenvalue weighted by Crippen LogP contribution is 2.40. The summed E-state index contributed by atoms with van der Waals surface area (Å²) in [6, 6.07) is 9.94. The number of ether oxygens (including phenoxy) is 2. The van der Waals surface area contributed by atoms with Gasteiger partial charge in [-0.15, -0.1) is 0 Å². The molecule has 2 aromatic rings. The first-order chi connectivity index (χ1) is 14.3. The summed E-state index contributed by atoms with van der Waals surface area (Å²) >= 11 is 18.7. The van der Waals surface area contributed by atoms with Gasteiger partial charge in [0.15, 0.2) is 22.4 Å². The molecule has 1 fully saturated rings. The molecule has 3 rings (SSSR count). The molecule has 30 heavy (non-hydrogen) atoms. The molecule has 0 saturated carbocycles. The zero-order valence-corrected chi connectivity index (χ0v) is 18.8. The molecule has 0 aromatic heterocycles. The smallest absolute Gasteiger partial charge is 0.270 e. The van der Waals surface area contributed by atoms with Crippen molar-refractivity contribution in [2.24, 2.45) is 5.73 Å². The first-order valence-electron chi connectivity index (χ1n) is 8.71. The van der Waals surface area contributed by atoms with E-state index in [1.54, 1.807) is 42.5 Å². The minimum Gasteiger partial charge on any atom is -0.490 e. The molecular weight excluding hydrogens is 467 g/mol. The van der Waals surface area contributed by atoms with Crippen LogP contribution in [0.3, 0.4) is 0 Å². The number of nitrogens with two attached hydrogens (primary N) is 1. The van der Waals surface area contributed by atoms with Gasteiger partial charge in [-0.2, -0.15) is 0 Å². The number of nitrogens with zero attached hydrogens (tertiary/aromatic N) is 1. The maximum atomic E-state index is 13.0. The van der Waals surface area contributed by atoms with Crippen LogP contribution in [0.1, 0.15) is 12.5 Å². The minimum atomic E-state index is -0.592. The number of hydrogen-bond acceptors (Lipinski definition) is 6. The number of thioether (sulfide) groups is 1. The van der Waals surface area contributed by atoms with Gasteiger partial charge in [-0.05, 0) is 48.9 Å². The molecular formula is C20H16Cl2N2O4S2. The first kappa shape index (κ1) is 22.4. The molecule has 0 aliphatic carbocycles. The van der Waals surface area contributed by atoms with E-state index in [0.717, 1.165) is 0 Å². The topological polar surface area (TPSA) is 81.9 Å². The van der Waals surface area contributed by atoms with Crippen molar-refractivity contribution < 1.29 is 19.1 Å². The second kappa shape index (κ2) is 9.70. The quantitative estimate of drug-likeness (QED) is 0.456. The van der Waals surface area contributed by atoms with Gasteiger partial charge >= 0.3 is 0 Å². The van der Waals surface area contributed by atoms with Crippen LogP contribution in [-0.2, 0) is 9.59 Å². The van der Waals surface area contributed by atoms with Gasteiger partial charge in [-0.1, -0.05) is 53.2 Å². The van der Waals surface area contributed by atoms with E-state index in [2.05, 4.69) is 0 Å². The van der Waals surface area contributed by atoms with E-state index < -0.39 is 5.91 Å². The highest BCUT2D eigenvalue weighted by atomic mass is 35.5. The summed E-state index contributed by atoms with van der Waals surface area (Å²) in [5, 5.41) is 0.793. The van der Waals surface area contributed by atoms with Crippen molar-refractivity contribution in [1.82, 2.24) is 0 Å². The zero-order chi connectivity index (χ0) is 21.8. The molecule has 0 radical (unpaired) electrons. The van der Waals surface area contributed by atoms with E-state index in [1.807, 2.05) is 6.92 Å². The fourth-order valence-corrected chi connectivity index (χ4v) is 4.42. The molecule has 2 amide bonds. The van der Waals surface area contributed by atoms with Gasteiger partial charge in [0.05, 0.1) is 22.2 Å². The molecule has 0 bridgehead atoms. The van der Waals surface area contributed by atoms with E-state index in [9.17, 15) is 9.59 Å². The van der Waals surface area contributed by atoms with E-state index >= 15 is 0 Å². The predicted molar refractivity (Wildman–Crippen MR) is 124 cm³/mol. The maximum Gasteiger partial charge on any atom is 0.270 e. The molecule has 0 atom stereocenters. The van der Waals surface area contributed by atoms with Crippen LogP contribution < -0.4 is 20.1 Å². The summed E-state index contributed by atoms with van der Waals surface area (Å²) in [7, 11) is 0. The van der Waals surface area contributed by atoms with Crippen LogP contribution in [0.4, 0.5) is 5.69 Å². The third kappa shape index (κ3) is 5.07. The molecule has 1 saturated heterocycles. The summed E-state index contributed by atoms with van der Waals surface area (Å²) < 4.78 is 11.3. The van der Waals surface area contributed by atoms with E-state index in [0.29, 0.717) is 48.6 Å². The molecule has 2 aromatic carbocycles. The minimum absolute atomic E-state index is 0.264. The summed E-state index contributed by atoms with van der Waals surface area (Å²) in [4.78, 5) is 25.7. The summed E-state index contributed by atoms with van der Waals surface area (Å²) in [5.74, 6) is -0.0654. The van der Waals surface area contributed by atoms with Gasteiger partial charge in [0, 0.05) is 5.02 Å². The van der Waals surface area contributed by atoms with Crippen molar-refractivity contribution in [3.05, 3.63) is 56.9 Å². The van der Waals surface area contributed by atoms with Gasteiger partial charge in [0.1, 0.15) is 0 Å². The molecule has 1 aliphatic rings. The first-order valence-corrected chi connectivity index (χ1v) is 10.7. The zero-order valence-electron chi connectivity index (χ0n) is 15.7. The van der Waals surface area contributed by atoms with E-state index in [-0.39, 0.29) is 12.5 Å². The lowest BCUT2D eigenvalue weighted by Gasteiger charge is -2.16. The van der Waals surface area contributed by atoms with Crippen LogP contribution in [0, 0.1) is 0 Å². The van der Waals surface area contributed by atoms with Gasteiger partial charge < -0.3 is 15.2 Å². The Morgan fingerprint density at radius 2 is 1.97 bits per heavy atom. The average Bonchev–Trinajstić information content (AvgIpc) is 2.95. The third-order valence-corrected chi connectivity index (χ3v) is 5.72. The van der Waals surface area contributed by atoms with Crippen LogP contribution in [-0.4, -0.2) is 29.3 Å². The number of anilines is 1. The number of thiocarbonyl (C=S) groups is 1. The summed E-state index contributed by atoms with van der Waals surface area (Å²) in [6.07, 6.45) is 1.70. The van der Waals surface area contributed by atoms with Gasteiger partial charge in [0.2, 0.25) is 0 Å². The second-order valence-electron chi connectivity index (χ2n) is 6.01. The fraction of sp³-hybridized carbons (Fsp3) is 0.150. The number of rotatable bonds is 7. The number of carbonyl (C=O) groups excluding carboxylic acids is 2. The van der Waals surface area contributed by atoms with Crippen LogP contribution in [0.2, 0.25) is 10.0 Å². The highest BCUT2D eigenvalue weighted by molar-refractivity contribution is 8.27. The van der Waals surface area contributed by atoms with Gasteiger partial charge in [-0.25, -0.2) is 0 Å². The molecule has 10 heteroatoms. The Morgan fingerprint density at radius 1 is 1.20 bits per heavy atom. The normalized spacial score (nSPS) is 15.0. The van der Waals surface area contributed by atoms with Gasteiger partial charge in [0.25, 0.3) is 11.8 Å². The van der Waals surface area contributed by atoms with E-state index in [1.165, 1.54) is 16.7 Å². The summed E-state index contributed by atoms with van der Waals surface area (Å²) in [6.45, 7) is 1.96. The maximum absolute atomic E-state index is 13.0. The fourth-order valence-electron chi connectivity index (χ4n) is 2.64. The number of carbonyl (C=O) groups is 2. The lowest BCUT2D eigenvalue weighted by molar-refractivity contribution is -0.120. The molecule has 156 valence electrons. The Bertz CT molecular complexity index is 1060. The molecule has 6 nitrogen and oxygen atoms in total. The van der Waals surface area contributed by atoms with Crippen LogP contribution in [0.15, 0.2) is 41.3 Å². The van der Waals surface area contributed by atoms with Crippen molar-refractivity contribution in [3.63, 3.8) is 0 Å². The molecule has 0 unspecified atom stereocenters. The lowest BCUT2D eigenvalue weighted by atomic mass is 10.1. The Morgan fingerprint density at radius 3 is 2.63 bits per heavy atom. The Hall–Kier alpha value is -2.26. The third-order valence-electron chi connectivity index (χ3n) is 3.88. The van der Waals surface area contributed by atoms with Crippen LogP contribution in [0.25, 0.3) is 6.08 Å². The van der Waals surface area contributed by atoms with Crippen LogP contribution >= 0.6 is 47.2 Å². The molecule has 2 N–H and O–H groups in total. The highest BCUT2D eigenvalue weighted by Gasteiger charge is 2.34. The van der Waals surface area contributed by atoms with Crippen molar-refractivity contribution in [2.45, 2.75) is 6.92 Å². The Kier molecular flexibility index (Phi) is 7.25. The number of hydrogen-bond donors (Lipinski definition) is 1. The predicted octanol–water partition coefficient (Wildman–Crippen LogP) is 4.66. The average molecular weight is 483 g/mol. The Balaban J connectivity index is 1.89. The SMILES string of the molecule is CCOc1cc(/C=C2/SC(=S)N(c3ccc(Cl)cc3Cl)C2=O)ccc1OCC(N)=O. The van der Waals surface area contributed by atoms with Crippen molar-refractivity contribution >= 4 is 75.1 Å². The lowest BCUT2D eigenvalue weighted by Crippen LogP contribution is -2.27. The Labute approximate surface area is 192 Å². The molecule has 0 spiro atoms. The van der Waals surface area contributed by atoms with E-state index in [4.69, 9.17) is 50.6 Å². The van der Waals surface area contributed by atoms with Crippen molar-refractivity contribution in [1.29, 1.82) is 0 Å². The number of primary amides is 1. The standard InChI is InChI=1S/C20H16Cl2N2O4S2/c1-2-27-16-7-11(3-6-15(16)28-10-18(23)25)8-17-19(26)24(20(29)30-17)14-5-4-12(21)9-13(14)22/h3-9H,2,10H2,1H3,(H2,23,25)/b17-8+. The number of halogens is 2. The van der Waals surface area contributed by atoms with Crippen molar-refractivity contribution in [2.75, 3.05) is 18.1 Å². The largest absolute Gasteiger partial charge is 0.490 e. The summed E-state index contributed by atoms with van der Waals surface area (Å²) in [5.41, 5.74) is 6.29. The number of benzene rings is 2.